The first-order valence-corrected chi connectivity index (χ1v) is 34.6. The molecule has 0 aromatic heterocycles. The molecule has 2 fully saturated rings. The van der Waals surface area contributed by atoms with E-state index in [4.69, 9.17) is 52.1 Å². The SMILES string of the molecule is O=C(OC[C@H]1O[C@@H](O[C@H]2[C@H](OC(=O)c3ccc(Br)cc3)[C@@H](OC(=O)c3ccc(Br)cc3)[C@@H](OC(=O)c3ccc(Br)cc3)O[C@@H]2COC(=O)c2ccc(Br)cc2)[C@H](OC(=O)c2ccc(Br)cc2)[C@@H](OC(=O)c2ccc(Br)cc2)[C@H]1OC(=O)c1ccc(Br)cc1)c1ccc(Br)cc1. The van der Waals surface area contributed by atoms with E-state index in [-0.39, 0.29) is 44.5 Å². The Morgan fingerprint density at radius 1 is 0.242 bits per heavy atom. The number of esters is 8. The molecule has 2 aliphatic rings. The molecule has 8 aromatic carbocycles. The van der Waals surface area contributed by atoms with Crippen molar-refractivity contribution in [3.05, 3.63) is 274 Å². The Morgan fingerprint density at radius 2 is 0.442 bits per heavy atom. The molecule has 0 unspecified atom stereocenters. The van der Waals surface area contributed by atoms with Gasteiger partial charge in [-0.1, -0.05) is 127 Å². The van der Waals surface area contributed by atoms with Crippen LogP contribution in [0.15, 0.2) is 230 Å². The molecule has 0 N–H and O–H groups in total. The number of halogens is 8. The second-order valence-electron chi connectivity index (χ2n) is 20.7. The molecule has 488 valence electrons. The van der Waals surface area contributed by atoms with Crippen molar-refractivity contribution in [2.45, 2.75) is 61.4 Å². The fourth-order valence-corrected chi connectivity index (χ4v) is 11.6. The summed E-state index contributed by atoms with van der Waals surface area (Å²) in [6.07, 6.45) is -20.1. The third-order valence-corrected chi connectivity index (χ3v) is 18.5. The lowest BCUT2D eigenvalue weighted by Crippen LogP contribution is -2.67. The normalized spacial score (nSPS) is 20.6. The van der Waals surface area contributed by atoms with Crippen LogP contribution in [0.5, 0.6) is 0 Å². The van der Waals surface area contributed by atoms with Crippen LogP contribution < -0.4 is 0 Å². The van der Waals surface area contributed by atoms with Crippen molar-refractivity contribution >= 4 is 175 Å². The summed E-state index contributed by atoms with van der Waals surface area (Å²) in [5.41, 5.74) is -0.185. The van der Waals surface area contributed by atoms with Gasteiger partial charge in [-0.2, -0.15) is 0 Å². The van der Waals surface area contributed by atoms with Gasteiger partial charge in [-0.15, -0.1) is 0 Å². The summed E-state index contributed by atoms with van der Waals surface area (Å²) >= 11 is 27.0. The van der Waals surface area contributed by atoms with E-state index in [9.17, 15) is 38.4 Å². The lowest BCUT2D eigenvalue weighted by molar-refractivity contribution is -0.351. The van der Waals surface area contributed by atoms with Crippen molar-refractivity contribution in [3.63, 3.8) is 0 Å². The molecule has 0 amide bonds. The van der Waals surface area contributed by atoms with Crippen LogP contribution in [0.25, 0.3) is 0 Å². The number of hydrogen-bond acceptors (Lipinski definition) is 19. The van der Waals surface area contributed by atoms with E-state index in [1.165, 1.54) is 97.1 Å². The van der Waals surface area contributed by atoms with Crippen molar-refractivity contribution < 1.29 is 90.5 Å². The van der Waals surface area contributed by atoms with Crippen molar-refractivity contribution in [2.75, 3.05) is 13.2 Å². The maximum absolute atomic E-state index is 15.0. The highest BCUT2D eigenvalue weighted by molar-refractivity contribution is 9.11. The minimum Gasteiger partial charge on any atom is -0.459 e. The molecule has 2 aliphatic heterocycles. The average molecular weight is 1810 g/mol. The smallest absolute Gasteiger partial charge is 0.340 e. The van der Waals surface area contributed by atoms with Crippen LogP contribution in [0.2, 0.25) is 0 Å². The van der Waals surface area contributed by atoms with E-state index >= 15 is 0 Å². The van der Waals surface area contributed by atoms with E-state index in [0.29, 0.717) is 35.8 Å². The maximum Gasteiger partial charge on any atom is 0.340 e. The third-order valence-electron chi connectivity index (χ3n) is 14.3. The quantitative estimate of drug-likeness (QED) is 0.0509. The van der Waals surface area contributed by atoms with Crippen LogP contribution in [0.1, 0.15) is 82.9 Å². The van der Waals surface area contributed by atoms with Crippen LogP contribution in [0.4, 0.5) is 0 Å². The zero-order chi connectivity index (χ0) is 67.4. The zero-order valence-corrected chi connectivity index (χ0v) is 61.1. The molecule has 8 aromatic rings. The van der Waals surface area contributed by atoms with Gasteiger partial charge in [-0.3, -0.25) is 0 Å². The van der Waals surface area contributed by atoms with Gasteiger partial charge < -0.3 is 52.1 Å². The topological polar surface area (TPSA) is 238 Å². The predicted molar refractivity (Wildman–Crippen MR) is 367 cm³/mol. The fraction of sp³-hybridized carbons (Fsp3) is 0.176. The Bertz CT molecular complexity index is 4070. The minimum atomic E-state index is -2.20. The Morgan fingerprint density at radius 3 is 0.726 bits per heavy atom. The molecule has 0 spiro atoms. The van der Waals surface area contributed by atoms with Crippen molar-refractivity contribution in [2.24, 2.45) is 0 Å². The summed E-state index contributed by atoms with van der Waals surface area (Å²) in [6.45, 7) is -1.68. The summed E-state index contributed by atoms with van der Waals surface area (Å²) in [4.78, 5) is 117. The molecule has 2 saturated heterocycles. The van der Waals surface area contributed by atoms with E-state index < -0.39 is 122 Å². The van der Waals surface area contributed by atoms with Crippen LogP contribution >= 0.6 is 127 Å². The number of hydrogen-bond donors (Lipinski definition) is 0. The van der Waals surface area contributed by atoms with Gasteiger partial charge in [0, 0.05) is 35.8 Å². The van der Waals surface area contributed by atoms with Crippen LogP contribution in [-0.2, 0) is 52.1 Å². The molecule has 95 heavy (non-hydrogen) atoms. The molecule has 0 aliphatic carbocycles. The second kappa shape index (κ2) is 33.0. The molecule has 0 bridgehead atoms. The van der Waals surface area contributed by atoms with E-state index in [1.807, 2.05) is 0 Å². The first kappa shape index (κ1) is 71.0. The zero-order valence-electron chi connectivity index (χ0n) is 48.4. The lowest BCUT2D eigenvalue weighted by Gasteiger charge is -2.48. The van der Waals surface area contributed by atoms with Gasteiger partial charge in [0.1, 0.15) is 31.5 Å². The van der Waals surface area contributed by atoms with Gasteiger partial charge in [0.25, 0.3) is 0 Å². The molecule has 10 atom stereocenters. The highest BCUT2D eigenvalue weighted by Gasteiger charge is 2.59. The largest absolute Gasteiger partial charge is 0.459 e. The fourth-order valence-electron chi connectivity index (χ4n) is 9.51. The Hall–Kier alpha value is -6.76. The number of carbonyl (C=O) groups excluding carboxylic acids is 8. The van der Waals surface area contributed by atoms with Gasteiger partial charge in [0.2, 0.25) is 12.4 Å². The Labute approximate surface area is 609 Å². The summed E-state index contributed by atoms with van der Waals surface area (Å²) in [7, 11) is 0. The highest BCUT2D eigenvalue weighted by atomic mass is 79.9. The molecule has 10 rings (SSSR count). The predicted octanol–water partition coefficient (Wildman–Crippen LogP) is 15.6. The molecular formula is C68H46Br8O19. The summed E-state index contributed by atoms with van der Waals surface area (Å²) in [5.74, 6) is -8.22. The molecule has 27 heteroatoms. The molecule has 19 nitrogen and oxygen atoms in total. The van der Waals surface area contributed by atoms with E-state index in [2.05, 4.69) is 127 Å². The Kier molecular flexibility index (Phi) is 24.7. The van der Waals surface area contributed by atoms with Crippen molar-refractivity contribution in [1.29, 1.82) is 0 Å². The van der Waals surface area contributed by atoms with E-state index in [1.54, 1.807) is 97.1 Å². The number of rotatable bonds is 20. The van der Waals surface area contributed by atoms with Gasteiger partial charge in [0.05, 0.1) is 44.5 Å². The van der Waals surface area contributed by atoms with E-state index in [0.717, 1.165) is 0 Å². The second-order valence-corrected chi connectivity index (χ2v) is 28.0. The molecular weight excluding hydrogens is 1760 g/mol. The number of carbonyl (C=O) groups is 8. The third kappa shape index (κ3) is 18.9. The maximum atomic E-state index is 15.0. The minimum absolute atomic E-state index is 0.0204. The Balaban J connectivity index is 1.16. The average Bonchev–Trinajstić information content (AvgIpc) is 0.773. The van der Waals surface area contributed by atoms with Crippen molar-refractivity contribution in [1.82, 2.24) is 0 Å². The van der Waals surface area contributed by atoms with Crippen LogP contribution in [0.3, 0.4) is 0 Å². The molecule has 2 heterocycles. The summed E-state index contributed by atoms with van der Waals surface area (Å²) in [6, 6.07) is 47.9. The van der Waals surface area contributed by atoms with Gasteiger partial charge in [-0.25, -0.2) is 38.4 Å². The molecule has 0 radical (unpaired) electrons. The van der Waals surface area contributed by atoms with Gasteiger partial charge in [-0.05, 0) is 194 Å². The first-order valence-electron chi connectivity index (χ1n) is 28.2. The summed E-state index contributed by atoms with van der Waals surface area (Å²) < 4.78 is 75.3. The lowest BCUT2D eigenvalue weighted by atomic mass is 9.95. The summed E-state index contributed by atoms with van der Waals surface area (Å²) in [5, 5.41) is 0. The van der Waals surface area contributed by atoms with Gasteiger partial charge >= 0.3 is 47.8 Å². The van der Waals surface area contributed by atoms with Gasteiger partial charge in [0.15, 0.2) is 30.7 Å². The number of ether oxygens (including phenoxy) is 11. The van der Waals surface area contributed by atoms with Crippen LogP contribution in [-0.4, -0.2) is 122 Å². The van der Waals surface area contributed by atoms with Crippen molar-refractivity contribution in [3.8, 4) is 0 Å². The highest BCUT2D eigenvalue weighted by Crippen LogP contribution is 2.38. The van der Waals surface area contributed by atoms with Crippen LogP contribution in [0, 0.1) is 0 Å². The standard InChI is InChI=1S/C68H46Br8O19/c69-43-17-1-35(2-18-43)59(77)85-33-51-53(89-61(79)37-5-21-45(71)22-6-37)55(90-62(80)38-7-23-46(72)24-8-38)57(92-64(82)40-11-27-48(74)28-12-40)67(87-51)94-54-52(34-86-60(78)36-3-19-44(70)20-4-36)88-68(95-66(84)42-15-31-50(76)32-16-42)58(93-65(83)41-13-29-49(75)30-14-41)56(54)91-63(81)39-9-25-47(73)26-10-39/h1-32,51-58,67-68H,33-34H2/t51-,52-,53+,54-,55+,56+,57-,58-,67+,68-/m1/s1. The molecule has 0 saturated carbocycles. The number of benzene rings is 8. The first-order chi connectivity index (χ1) is 45.6. The monoisotopic (exact) mass is 1800 g/mol.